The maximum absolute atomic E-state index is 12.8. The summed E-state index contributed by atoms with van der Waals surface area (Å²) in [5.74, 6) is -0.476. The molecule has 1 amide bonds. The van der Waals surface area contributed by atoms with Gasteiger partial charge in [0.25, 0.3) is 5.91 Å². The van der Waals surface area contributed by atoms with Crippen molar-refractivity contribution in [3.8, 4) is 0 Å². The zero-order valence-electron chi connectivity index (χ0n) is 11.3. The van der Waals surface area contributed by atoms with E-state index in [1.165, 1.54) is 18.2 Å². The van der Waals surface area contributed by atoms with Crippen molar-refractivity contribution in [2.45, 2.75) is 25.9 Å². The van der Waals surface area contributed by atoms with Crippen LogP contribution in [0.5, 0.6) is 0 Å². The van der Waals surface area contributed by atoms with E-state index in [-0.39, 0.29) is 17.4 Å². The summed E-state index contributed by atoms with van der Waals surface area (Å²) >= 11 is 0. The van der Waals surface area contributed by atoms with Gasteiger partial charge in [0.15, 0.2) is 0 Å². The number of H-pyrrole nitrogens is 1. The molecule has 0 saturated heterocycles. The molecule has 0 aliphatic heterocycles. The fourth-order valence-corrected chi connectivity index (χ4v) is 1.65. The van der Waals surface area contributed by atoms with Crippen LogP contribution in [0.15, 0.2) is 24.3 Å². The molecular weight excluding hydrogens is 285 g/mol. The summed E-state index contributed by atoms with van der Waals surface area (Å²) in [5, 5.41) is 8.45. The fraction of sp³-hybridized carbons (Fsp3) is 0.308. The van der Waals surface area contributed by atoms with Gasteiger partial charge in [-0.05, 0) is 12.1 Å². The molecule has 0 aliphatic rings. The summed E-state index contributed by atoms with van der Waals surface area (Å²) in [6, 6.07) is 4.73. The first-order valence-corrected chi connectivity index (χ1v) is 6.19. The van der Waals surface area contributed by atoms with Gasteiger partial charge >= 0.3 is 6.18 Å². The molecule has 0 saturated carbocycles. The van der Waals surface area contributed by atoms with Gasteiger partial charge in [-0.15, -0.1) is 5.10 Å². The highest BCUT2D eigenvalue weighted by Gasteiger charge is 2.33. The zero-order chi connectivity index (χ0) is 15.6. The lowest BCUT2D eigenvalue weighted by atomic mass is 10.1. The molecule has 0 unspecified atom stereocenters. The van der Waals surface area contributed by atoms with Crippen molar-refractivity contribution >= 4 is 11.6 Å². The Morgan fingerprint density at radius 3 is 2.52 bits per heavy atom. The van der Waals surface area contributed by atoms with Gasteiger partial charge in [0.2, 0.25) is 5.82 Å². The number of halogens is 3. The molecule has 0 spiro atoms. The highest BCUT2D eigenvalue weighted by atomic mass is 19.4. The second-order valence-corrected chi connectivity index (χ2v) is 4.70. The Kier molecular flexibility index (Phi) is 3.97. The molecule has 0 aliphatic carbocycles. The van der Waals surface area contributed by atoms with E-state index in [1.807, 2.05) is 13.8 Å². The van der Waals surface area contributed by atoms with Crippen molar-refractivity contribution in [2.24, 2.45) is 0 Å². The number of nitrogens with one attached hydrogen (secondary N) is 2. The predicted molar refractivity (Wildman–Crippen MR) is 69.9 cm³/mol. The van der Waals surface area contributed by atoms with Gasteiger partial charge < -0.3 is 5.32 Å². The number of benzene rings is 1. The Balaban J connectivity index is 2.24. The monoisotopic (exact) mass is 298 g/mol. The van der Waals surface area contributed by atoms with Crippen LogP contribution < -0.4 is 5.32 Å². The van der Waals surface area contributed by atoms with Crippen molar-refractivity contribution in [3.05, 3.63) is 41.5 Å². The summed E-state index contributed by atoms with van der Waals surface area (Å²) in [4.78, 5) is 15.8. The van der Waals surface area contributed by atoms with Crippen molar-refractivity contribution < 1.29 is 18.0 Å². The lowest BCUT2D eigenvalue weighted by Crippen LogP contribution is -2.17. The minimum Gasteiger partial charge on any atom is -0.319 e. The molecule has 1 heterocycles. The fourth-order valence-electron chi connectivity index (χ4n) is 1.65. The third-order valence-electron chi connectivity index (χ3n) is 2.73. The number of carbonyl (C=O) groups is 1. The maximum Gasteiger partial charge on any atom is 0.418 e. The third kappa shape index (κ3) is 3.39. The van der Waals surface area contributed by atoms with Crippen LogP contribution in [0, 0.1) is 0 Å². The molecule has 1 aromatic carbocycles. The van der Waals surface area contributed by atoms with Crippen LogP contribution in [0.3, 0.4) is 0 Å². The number of anilines is 1. The van der Waals surface area contributed by atoms with E-state index < -0.39 is 17.6 Å². The van der Waals surface area contributed by atoms with Crippen LogP contribution in [0.25, 0.3) is 0 Å². The minimum absolute atomic E-state index is 0.0292. The van der Waals surface area contributed by atoms with Crippen LogP contribution in [0.1, 0.15) is 41.8 Å². The molecular formula is C13H13F3N4O. The first-order chi connectivity index (χ1) is 9.79. The van der Waals surface area contributed by atoms with E-state index in [4.69, 9.17) is 0 Å². The summed E-state index contributed by atoms with van der Waals surface area (Å²) < 4.78 is 38.5. The smallest absolute Gasteiger partial charge is 0.319 e. The number of amides is 1. The molecule has 1 aromatic heterocycles. The van der Waals surface area contributed by atoms with Crippen molar-refractivity contribution in [1.82, 2.24) is 15.2 Å². The van der Waals surface area contributed by atoms with E-state index in [0.29, 0.717) is 5.82 Å². The standard InChI is InChI=1S/C13H13F3N4O/c1-7(2)10-18-11(20-19-10)12(21)17-9-6-4-3-5-8(9)13(14,15)16/h3-7H,1-2H3,(H,17,21)(H,18,19,20). The summed E-state index contributed by atoms with van der Waals surface area (Å²) in [6.07, 6.45) is -4.55. The second kappa shape index (κ2) is 5.55. The maximum atomic E-state index is 12.8. The number of aromatic nitrogens is 3. The van der Waals surface area contributed by atoms with Gasteiger partial charge in [-0.2, -0.15) is 13.2 Å². The van der Waals surface area contributed by atoms with Crippen LogP contribution in [-0.2, 0) is 6.18 Å². The first-order valence-electron chi connectivity index (χ1n) is 6.19. The largest absolute Gasteiger partial charge is 0.418 e. The van der Waals surface area contributed by atoms with Crippen LogP contribution >= 0.6 is 0 Å². The quantitative estimate of drug-likeness (QED) is 0.914. The van der Waals surface area contributed by atoms with Crippen LogP contribution in [-0.4, -0.2) is 21.1 Å². The van der Waals surface area contributed by atoms with E-state index >= 15 is 0 Å². The van der Waals surface area contributed by atoms with Gasteiger partial charge in [-0.3, -0.25) is 9.89 Å². The van der Waals surface area contributed by atoms with Gasteiger partial charge in [-0.25, -0.2) is 4.98 Å². The molecule has 2 rings (SSSR count). The zero-order valence-corrected chi connectivity index (χ0v) is 11.3. The summed E-state index contributed by atoms with van der Waals surface area (Å²) in [5.41, 5.74) is -1.25. The lowest BCUT2D eigenvalue weighted by molar-refractivity contribution is -0.136. The van der Waals surface area contributed by atoms with Crippen molar-refractivity contribution in [2.75, 3.05) is 5.32 Å². The molecule has 0 atom stereocenters. The average molecular weight is 298 g/mol. The molecule has 21 heavy (non-hydrogen) atoms. The molecule has 2 N–H and O–H groups in total. The lowest BCUT2D eigenvalue weighted by Gasteiger charge is -2.12. The van der Waals surface area contributed by atoms with E-state index in [9.17, 15) is 18.0 Å². The Hall–Kier alpha value is -2.38. The highest BCUT2D eigenvalue weighted by Crippen LogP contribution is 2.34. The Labute approximate surface area is 118 Å². The minimum atomic E-state index is -4.55. The SMILES string of the molecule is CC(C)c1nc(C(=O)Nc2ccccc2C(F)(F)F)n[nH]1. The van der Waals surface area contributed by atoms with Gasteiger partial charge in [0.05, 0.1) is 11.3 Å². The number of hydrogen-bond acceptors (Lipinski definition) is 3. The molecule has 0 fully saturated rings. The molecule has 5 nitrogen and oxygen atoms in total. The van der Waals surface area contributed by atoms with Crippen molar-refractivity contribution in [1.29, 1.82) is 0 Å². The number of nitrogens with zero attached hydrogens (tertiary/aromatic N) is 2. The van der Waals surface area contributed by atoms with E-state index in [1.54, 1.807) is 0 Å². The molecule has 112 valence electrons. The third-order valence-corrected chi connectivity index (χ3v) is 2.73. The molecule has 8 heteroatoms. The van der Waals surface area contributed by atoms with Crippen LogP contribution in [0.2, 0.25) is 0 Å². The number of carbonyl (C=O) groups excluding carboxylic acids is 1. The summed E-state index contributed by atoms with van der Waals surface area (Å²) in [6.45, 7) is 3.70. The number of aromatic amines is 1. The Bertz CT molecular complexity index is 649. The topological polar surface area (TPSA) is 70.7 Å². The highest BCUT2D eigenvalue weighted by molar-refractivity contribution is 6.02. The van der Waals surface area contributed by atoms with Gasteiger partial charge in [0, 0.05) is 5.92 Å². The predicted octanol–water partition coefficient (Wildman–Crippen LogP) is 3.20. The van der Waals surface area contributed by atoms with Gasteiger partial charge in [0.1, 0.15) is 5.82 Å². The average Bonchev–Trinajstić information content (AvgIpc) is 2.88. The van der Waals surface area contributed by atoms with Gasteiger partial charge in [-0.1, -0.05) is 26.0 Å². The van der Waals surface area contributed by atoms with E-state index in [2.05, 4.69) is 20.5 Å². The molecule has 0 bridgehead atoms. The second-order valence-electron chi connectivity index (χ2n) is 4.70. The Morgan fingerprint density at radius 1 is 1.29 bits per heavy atom. The number of hydrogen-bond donors (Lipinski definition) is 2. The molecule has 0 radical (unpaired) electrons. The Morgan fingerprint density at radius 2 is 1.95 bits per heavy atom. The number of rotatable bonds is 3. The molecule has 2 aromatic rings. The normalized spacial score (nSPS) is 11.7. The summed E-state index contributed by atoms with van der Waals surface area (Å²) in [7, 11) is 0. The number of alkyl halides is 3. The van der Waals surface area contributed by atoms with Crippen molar-refractivity contribution in [3.63, 3.8) is 0 Å². The first kappa shape index (κ1) is 15.0. The number of para-hydroxylation sites is 1. The van der Waals surface area contributed by atoms with Crippen LogP contribution in [0.4, 0.5) is 18.9 Å². The van der Waals surface area contributed by atoms with E-state index in [0.717, 1.165) is 6.07 Å².